The molecule has 0 saturated carbocycles. The van der Waals surface area contributed by atoms with Crippen molar-refractivity contribution >= 4 is 5.91 Å². The van der Waals surface area contributed by atoms with Gasteiger partial charge in [0.25, 0.3) is 11.8 Å². The predicted molar refractivity (Wildman–Crippen MR) is 115 cm³/mol. The molecule has 0 atom stereocenters. The molecule has 0 radical (unpaired) electrons. The third-order valence-electron chi connectivity index (χ3n) is 4.90. The van der Waals surface area contributed by atoms with E-state index in [0.717, 1.165) is 11.8 Å². The molecule has 0 unspecified atom stereocenters. The number of benzene rings is 1. The van der Waals surface area contributed by atoms with Crippen molar-refractivity contribution in [3.63, 3.8) is 0 Å². The summed E-state index contributed by atoms with van der Waals surface area (Å²) in [6.07, 6.45) is 4.79. The quantitative estimate of drug-likeness (QED) is 0.439. The van der Waals surface area contributed by atoms with E-state index in [2.05, 4.69) is 25.1 Å². The van der Waals surface area contributed by atoms with Crippen LogP contribution in [0.2, 0.25) is 0 Å². The monoisotopic (exact) mass is 432 g/mol. The maximum absolute atomic E-state index is 13.4. The summed E-state index contributed by atoms with van der Waals surface area (Å²) in [5, 5.41) is 3.95. The Hall–Kier alpha value is -4.01. The van der Waals surface area contributed by atoms with E-state index in [9.17, 15) is 9.18 Å². The van der Waals surface area contributed by atoms with Gasteiger partial charge in [0.1, 0.15) is 11.5 Å². The number of halogens is 1. The van der Waals surface area contributed by atoms with Gasteiger partial charge in [0.15, 0.2) is 11.6 Å². The molecule has 1 amide bonds. The summed E-state index contributed by atoms with van der Waals surface area (Å²) in [5.41, 5.74) is 2.59. The molecule has 162 valence electrons. The summed E-state index contributed by atoms with van der Waals surface area (Å²) in [4.78, 5) is 31.9. The topological polar surface area (TPSA) is 97.9 Å². The van der Waals surface area contributed by atoms with Crippen molar-refractivity contribution in [3.05, 3.63) is 77.8 Å². The van der Waals surface area contributed by atoms with E-state index in [-0.39, 0.29) is 11.8 Å². The average Bonchev–Trinajstić information content (AvgIpc) is 3.29. The Morgan fingerprint density at radius 2 is 1.94 bits per heavy atom. The number of pyridine rings is 1. The predicted octanol–water partition coefficient (Wildman–Crippen LogP) is 3.74. The first-order chi connectivity index (χ1) is 15.5. The van der Waals surface area contributed by atoms with Crippen LogP contribution in [0.5, 0.6) is 0 Å². The second-order valence-electron chi connectivity index (χ2n) is 7.13. The van der Waals surface area contributed by atoms with Crippen LogP contribution in [0.3, 0.4) is 0 Å². The van der Waals surface area contributed by atoms with E-state index in [1.165, 1.54) is 12.1 Å². The Labute approximate surface area is 184 Å². The third-order valence-corrected chi connectivity index (χ3v) is 4.90. The van der Waals surface area contributed by atoms with Crippen molar-refractivity contribution in [2.24, 2.45) is 0 Å². The first-order valence-corrected chi connectivity index (χ1v) is 10.2. The summed E-state index contributed by atoms with van der Waals surface area (Å²) < 4.78 is 18.3. The maximum atomic E-state index is 13.4. The Kier molecular flexibility index (Phi) is 6.25. The molecule has 0 aliphatic rings. The highest BCUT2D eigenvalue weighted by Crippen LogP contribution is 2.23. The van der Waals surface area contributed by atoms with Crippen LogP contribution in [-0.4, -0.2) is 49.0 Å². The van der Waals surface area contributed by atoms with E-state index in [1.807, 2.05) is 32.0 Å². The van der Waals surface area contributed by atoms with Crippen molar-refractivity contribution in [1.82, 2.24) is 30.0 Å². The highest BCUT2D eigenvalue weighted by Gasteiger charge is 2.21. The molecule has 0 spiro atoms. The minimum atomic E-state index is -0.443. The number of hydrogen-bond acceptors (Lipinski definition) is 7. The van der Waals surface area contributed by atoms with Crippen LogP contribution in [-0.2, 0) is 6.42 Å². The zero-order chi connectivity index (χ0) is 22.5. The maximum Gasteiger partial charge on any atom is 0.276 e. The fraction of sp³-hybridized carbons (Fsp3) is 0.217. The first-order valence-electron chi connectivity index (χ1n) is 10.2. The summed E-state index contributed by atoms with van der Waals surface area (Å²) in [7, 11) is 0. The Morgan fingerprint density at radius 1 is 1.12 bits per heavy atom. The number of aromatic nitrogens is 5. The van der Waals surface area contributed by atoms with Crippen LogP contribution in [0.25, 0.3) is 23.0 Å². The number of carbonyl (C=O) groups is 1. The Bertz CT molecular complexity index is 1210. The van der Waals surface area contributed by atoms with Gasteiger partial charge in [-0.3, -0.25) is 4.79 Å². The van der Waals surface area contributed by atoms with Gasteiger partial charge in [0.2, 0.25) is 0 Å². The highest BCUT2D eigenvalue weighted by molar-refractivity contribution is 6.00. The second-order valence-corrected chi connectivity index (χ2v) is 7.13. The van der Waals surface area contributed by atoms with Gasteiger partial charge < -0.3 is 9.42 Å². The SMILES string of the molecule is CCN(CCc1noc(-c2ccc(F)cn2)n1)C(=O)c1cc(C)ccc1-c1ncccn1. The molecule has 4 aromatic rings. The van der Waals surface area contributed by atoms with E-state index in [0.29, 0.717) is 48.0 Å². The summed E-state index contributed by atoms with van der Waals surface area (Å²) in [6, 6.07) is 10.1. The van der Waals surface area contributed by atoms with Crippen LogP contribution in [0, 0.1) is 12.7 Å². The highest BCUT2D eigenvalue weighted by atomic mass is 19.1. The number of hydrogen-bond donors (Lipinski definition) is 0. The molecule has 0 fully saturated rings. The number of likely N-dealkylation sites (N-methyl/N-ethyl adjacent to an activating group) is 1. The van der Waals surface area contributed by atoms with Gasteiger partial charge in [-0.1, -0.05) is 22.9 Å². The van der Waals surface area contributed by atoms with E-state index in [1.54, 1.807) is 23.4 Å². The number of nitrogens with zero attached hydrogens (tertiary/aromatic N) is 6. The summed E-state index contributed by atoms with van der Waals surface area (Å²) in [5.74, 6) is 0.580. The molecule has 9 heteroatoms. The van der Waals surface area contributed by atoms with Crippen molar-refractivity contribution in [2.45, 2.75) is 20.3 Å². The molecule has 0 bridgehead atoms. The normalized spacial score (nSPS) is 10.8. The van der Waals surface area contributed by atoms with Gasteiger partial charge in [-0.2, -0.15) is 4.98 Å². The van der Waals surface area contributed by atoms with E-state index in [4.69, 9.17) is 4.52 Å². The lowest BCUT2D eigenvalue weighted by molar-refractivity contribution is 0.0766. The lowest BCUT2D eigenvalue weighted by atomic mass is 10.0. The molecule has 4 rings (SSSR count). The molecule has 0 saturated heterocycles. The number of carbonyl (C=O) groups excluding carboxylic acids is 1. The smallest absolute Gasteiger partial charge is 0.276 e. The largest absolute Gasteiger partial charge is 0.338 e. The zero-order valence-electron chi connectivity index (χ0n) is 17.7. The molecule has 0 aliphatic carbocycles. The molecule has 3 heterocycles. The van der Waals surface area contributed by atoms with Gasteiger partial charge in [-0.05, 0) is 38.1 Å². The van der Waals surface area contributed by atoms with Gasteiger partial charge >= 0.3 is 0 Å². The minimum Gasteiger partial charge on any atom is -0.338 e. The van der Waals surface area contributed by atoms with Crippen LogP contribution in [0.4, 0.5) is 4.39 Å². The first kappa shape index (κ1) is 21.2. The molecular formula is C23H21FN6O2. The Morgan fingerprint density at radius 3 is 2.66 bits per heavy atom. The Balaban J connectivity index is 1.51. The fourth-order valence-electron chi connectivity index (χ4n) is 3.24. The molecule has 1 aromatic carbocycles. The van der Waals surface area contributed by atoms with Gasteiger partial charge in [-0.15, -0.1) is 0 Å². The fourth-order valence-corrected chi connectivity index (χ4v) is 3.24. The van der Waals surface area contributed by atoms with Crippen molar-refractivity contribution in [1.29, 1.82) is 0 Å². The number of aryl methyl sites for hydroxylation is 1. The van der Waals surface area contributed by atoms with Gasteiger partial charge in [0, 0.05) is 37.5 Å². The molecule has 0 aliphatic heterocycles. The summed E-state index contributed by atoms with van der Waals surface area (Å²) >= 11 is 0. The second kappa shape index (κ2) is 9.42. The third kappa shape index (κ3) is 4.66. The molecular weight excluding hydrogens is 411 g/mol. The van der Waals surface area contributed by atoms with Crippen LogP contribution in [0.1, 0.15) is 28.7 Å². The van der Waals surface area contributed by atoms with Gasteiger partial charge in [0.05, 0.1) is 11.8 Å². The van der Waals surface area contributed by atoms with Gasteiger partial charge in [-0.25, -0.2) is 19.3 Å². The van der Waals surface area contributed by atoms with E-state index >= 15 is 0 Å². The van der Waals surface area contributed by atoms with Crippen molar-refractivity contribution in [2.75, 3.05) is 13.1 Å². The lowest BCUT2D eigenvalue weighted by Gasteiger charge is -2.21. The number of rotatable bonds is 7. The van der Waals surface area contributed by atoms with Crippen LogP contribution >= 0.6 is 0 Å². The van der Waals surface area contributed by atoms with Crippen molar-refractivity contribution in [3.8, 4) is 23.0 Å². The minimum absolute atomic E-state index is 0.123. The van der Waals surface area contributed by atoms with Crippen molar-refractivity contribution < 1.29 is 13.7 Å². The molecule has 3 aromatic heterocycles. The average molecular weight is 432 g/mol. The molecule has 0 N–H and O–H groups in total. The lowest BCUT2D eigenvalue weighted by Crippen LogP contribution is -2.33. The number of amides is 1. The molecule has 32 heavy (non-hydrogen) atoms. The summed E-state index contributed by atoms with van der Waals surface area (Å²) in [6.45, 7) is 4.75. The van der Waals surface area contributed by atoms with Crippen LogP contribution in [0.15, 0.2) is 59.5 Å². The van der Waals surface area contributed by atoms with E-state index < -0.39 is 5.82 Å². The van der Waals surface area contributed by atoms with Crippen LogP contribution < -0.4 is 0 Å². The zero-order valence-corrected chi connectivity index (χ0v) is 17.7. The standard InChI is InChI=1S/C23H21FN6O2/c1-3-30(12-9-20-28-22(32-29-20)19-8-6-16(24)14-27-19)23(31)18-13-15(2)5-7-17(18)21-25-10-4-11-26-21/h4-8,10-11,13-14H,3,9,12H2,1-2H3. The molecule has 8 nitrogen and oxygen atoms in total.